The number of methoxy groups -OCH3 is 1. The lowest BCUT2D eigenvalue weighted by Crippen LogP contribution is -1.97. The molecule has 0 fully saturated rings. The van der Waals surface area contributed by atoms with Crippen LogP contribution < -0.4 is 4.74 Å². The number of ether oxygens (including phenoxy) is 1. The molecule has 0 saturated heterocycles. The molecule has 0 heterocycles. The average molecular weight is 276 g/mol. The molecule has 2 rings (SSSR count). The third kappa shape index (κ3) is 2.69. The van der Waals surface area contributed by atoms with Crippen LogP contribution in [0.2, 0.25) is 0 Å². The molecular weight excluding hydrogens is 262 g/mol. The number of hydrogen-bond acceptors (Lipinski definition) is 2. The van der Waals surface area contributed by atoms with E-state index in [0.29, 0.717) is 17.5 Å². The van der Waals surface area contributed by atoms with Gasteiger partial charge < -0.3 is 4.74 Å². The molecule has 2 aromatic carbocycles. The molecule has 104 valence electrons. The summed E-state index contributed by atoms with van der Waals surface area (Å²) in [6.45, 7) is 1.76. The maximum absolute atomic E-state index is 13.9. The van der Waals surface area contributed by atoms with Crippen molar-refractivity contribution in [2.45, 2.75) is 13.3 Å². The van der Waals surface area contributed by atoms with Gasteiger partial charge in [0.25, 0.3) is 0 Å². The fraction of sp³-hybridized carbons (Fsp3) is 0.188. The third-order valence-corrected chi connectivity index (χ3v) is 3.07. The van der Waals surface area contributed by atoms with E-state index in [1.54, 1.807) is 19.1 Å². The summed E-state index contributed by atoms with van der Waals surface area (Å²) >= 11 is 0. The number of benzene rings is 2. The molecule has 2 aromatic rings. The van der Waals surface area contributed by atoms with Gasteiger partial charge >= 0.3 is 0 Å². The van der Waals surface area contributed by atoms with E-state index >= 15 is 0 Å². The molecule has 0 spiro atoms. The van der Waals surface area contributed by atoms with E-state index in [-0.39, 0.29) is 17.1 Å². The highest BCUT2D eigenvalue weighted by molar-refractivity contribution is 5.96. The van der Waals surface area contributed by atoms with Gasteiger partial charge in [0.15, 0.2) is 5.78 Å². The predicted octanol–water partition coefficient (Wildman–Crippen LogP) is 4.23. The van der Waals surface area contributed by atoms with Crippen LogP contribution >= 0.6 is 0 Å². The normalized spacial score (nSPS) is 10.4. The molecule has 0 unspecified atom stereocenters. The van der Waals surface area contributed by atoms with Gasteiger partial charge in [-0.15, -0.1) is 0 Å². The van der Waals surface area contributed by atoms with E-state index < -0.39 is 11.6 Å². The number of carbonyl (C=O) groups excluding carboxylic acids is 1. The van der Waals surface area contributed by atoms with Crippen molar-refractivity contribution in [1.82, 2.24) is 0 Å². The molecule has 0 aliphatic carbocycles. The molecule has 0 amide bonds. The zero-order valence-electron chi connectivity index (χ0n) is 11.2. The number of halogens is 2. The Labute approximate surface area is 116 Å². The molecule has 0 aliphatic heterocycles. The van der Waals surface area contributed by atoms with Crippen molar-refractivity contribution in [3.63, 3.8) is 0 Å². The molecule has 0 aromatic heterocycles. The molecule has 0 atom stereocenters. The van der Waals surface area contributed by atoms with E-state index in [0.717, 1.165) is 12.1 Å². The number of carbonyl (C=O) groups is 1. The van der Waals surface area contributed by atoms with Gasteiger partial charge in [0.05, 0.1) is 12.7 Å². The molecule has 0 radical (unpaired) electrons. The van der Waals surface area contributed by atoms with Crippen LogP contribution in [-0.2, 0) is 0 Å². The predicted molar refractivity (Wildman–Crippen MR) is 73.0 cm³/mol. The minimum Gasteiger partial charge on any atom is -0.497 e. The summed E-state index contributed by atoms with van der Waals surface area (Å²) in [5.74, 6) is -1.28. The van der Waals surface area contributed by atoms with Crippen LogP contribution in [0.3, 0.4) is 0 Å². The maximum Gasteiger partial charge on any atom is 0.162 e. The van der Waals surface area contributed by atoms with Crippen LogP contribution in [0.1, 0.15) is 23.7 Å². The van der Waals surface area contributed by atoms with Crippen molar-refractivity contribution in [3.05, 3.63) is 53.6 Å². The summed E-state index contributed by atoms with van der Waals surface area (Å²) in [5.41, 5.74) is 0.794. The van der Waals surface area contributed by atoms with Gasteiger partial charge in [0, 0.05) is 24.1 Å². The van der Waals surface area contributed by atoms with Crippen LogP contribution in [0.15, 0.2) is 36.4 Å². The molecule has 2 nitrogen and oxygen atoms in total. The Hall–Kier alpha value is -2.23. The Balaban J connectivity index is 2.44. The number of Topliss-reactive ketones (excluding diaryl/α,β-unsaturated/α-hetero) is 1. The Kier molecular flexibility index (Phi) is 4.13. The van der Waals surface area contributed by atoms with Gasteiger partial charge in [-0.3, -0.25) is 4.79 Å². The van der Waals surface area contributed by atoms with Gasteiger partial charge in [-0.25, -0.2) is 8.78 Å². The second kappa shape index (κ2) is 5.82. The summed E-state index contributed by atoms with van der Waals surface area (Å²) < 4.78 is 32.7. The van der Waals surface area contributed by atoms with Crippen molar-refractivity contribution >= 4 is 5.78 Å². The lowest BCUT2D eigenvalue weighted by molar-refractivity contribution is 0.0988. The Bertz CT molecular complexity index is 610. The number of ketones is 1. The maximum atomic E-state index is 13.9. The van der Waals surface area contributed by atoms with Crippen molar-refractivity contribution in [1.29, 1.82) is 0 Å². The Morgan fingerprint density at radius 3 is 2.10 bits per heavy atom. The van der Waals surface area contributed by atoms with E-state index in [2.05, 4.69) is 0 Å². The highest BCUT2D eigenvalue weighted by Crippen LogP contribution is 2.29. The van der Waals surface area contributed by atoms with Crippen molar-refractivity contribution in [3.8, 4) is 16.9 Å². The molecular formula is C16H14F2O2. The minimum atomic E-state index is -0.698. The van der Waals surface area contributed by atoms with E-state index in [1.807, 2.05) is 0 Å². The monoisotopic (exact) mass is 276 g/mol. The molecule has 0 saturated carbocycles. The van der Waals surface area contributed by atoms with Gasteiger partial charge in [-0.2, -0.15) is 0 Å². The lowest BCUT2D eigenvalue weighted by Gasteiger charge is -2.08. The first-order chi connectivity index (χ1) is 9.56. The van der Waals surface area contributed by atoms with Gasteiger partial charge in [-0.1, -0.05) is 31.2 Å². The first kappa shape index (κ1) is 14.2. The highest BCUT2D eigenvalue weighted by atomic mass is 19.1. The number of rotatable bonds is 4. The zero-order valence-corrected chi connectivity index (χ0v) is 11.2. The van der Waals surface area contributed by atoms with E-state index in [4.69, 9.17) is 4.74 Å². The summed E-state index contributed by atoms with van der Waals surface area (Å²) in [6, 6.07) is 8.48. The van der Waals surface area contributed by atoms with E-state index in [1.165, 1.54) is 19.2 Å². The summed E-state index contributed by atoms with van der Waals surface area (Å²) in [4.78, 5) is 11.5. The SMILES string of the molecule is CCC(=O)c1ccc(-c2c(F)cc(OC)cc2F)cc1. The summed E-state index contributed by atoms with van der Waals surface area (Å²) in [6.07, 6.45) is 0.393. The Morgan fingerprint density at radius 2 is 1.65 bits per heavy atom. The van der Waals surface area contributed by atoms with Crippen LogP contribution in [-0.4, -0.2) is 12.9 Å². The molecule has 0 N–H and O–H groups in total. The zero-order chi connectivity index (χ0) is 14.7. The standard InChI is InChI=1S/C16H14F2O2/c1-3-15(19)10-4-6-11(7-5-10)16-13(17)8-12(20-2)9-14(16)18/h4-9H,3H2,1-2H3. The van der Waals surface area contributed by atoms with Crippen LogP contribution in [0, 0.1) is 11.6 Å². The quantitative estimate of drug-likeness (QED) is 0.781. The second-order valence-electron chi connectivity index (χ2n) is 4.32. The van der Waals surface area contributed by atoms with Crippen molar-refractivity contribution < 1.29 is 18.3 Å². The largest absolute Gasteiger partial charge is 0.497 e. The molecule has 0 bridgehead atoms. The topological polar surface area (TPSA) is 26.3 Å². The molecule has 20 heavy (non-hydrogen) atoms. The van der Waals surface area contributed by atoms with Gasteiger partial charge in [0.2, 0.25) is 0 Å². The second-order valence-corrected chi connectivity index (χ2v) is 4.32. The van der Waals surface area contributed by atoms with E-state index in [9.17, 15) is 13.6 Å². The average Bonchev–Trinajstić information content (AvgIpc) is 2.46. The van der Waals surface area contributed by atoms with Crippen LogP contribution in [0.4, 0.5) is 8.78 Å². The molecule has 4 heteroatoms. The first-order valence-corrected chi connectivity index (χ1v) is 6.23. The van der Waals surface area contributed by atoms with Crippen LogP contribution in [0.5, 0.6) is 5.75 Å². The van der Waals surface area contributed by atoms with Crippen LogP contribution in [0.25, 0.3) is 11.1 Å². The van der Waals surface area contributed by atoms with Crippen molar-refractivity contribution in [2.75, 3.05) is 7.11 Å². The number of hydrogen-bond donors (Lipinski definition) is 0. The van der Waals surface area contributed by atoms with Gasteiger partial charge in [-0.05, 0) is 5.56 Å². The van der Waals surface area contributed by atoms with Crippen molar-refractivity contribution in [2.24, 2.45) is 0 Å². The smallest absolute Gasteiger partial charge is 0.162 e. The lowest BCUT2D eigenvalue weighted by atomic mass is 10.0. The van der Waals surface area contributed by atoms with Gasteiger partial charge in [0.1, 0.15) is 17.4 Å². The molecule has 0 aliphatic rings. The minimum absolute atomic E-state index is 0.00720. The fourth-order valence-electron chi connectivity index (χ4n) is 1.97. The highest BCUT2D eigenvalue weighted by Gasteiger charge is 2.14. The third-order valence-electron chi connectivity index (χ3n) is 3.07. The Morgan fingerprint density at radius 1 is 1.10 bits per heavy atom. The summed E-state index contributed by atoms with van der Waals surface area (Å²) in [5, 5.41) is 0. The first-order valence-electron chi connectivity index (χ1n) is 6.23. The fourth-order valence-corrected chi connectivity index (χ4v) is 1.97. The summed E-state index contributed by atoms with van der Waals surface area (Å²) in [7, 11) is 1.35.